The molecule has 1 amide bonds. The minimum atomic E-state index is -0.503. The van der Waals surface area contributed by atoms with Crippen molar-refractivity contribution in [3.63, 3.8) is 0 Å². The van der Waals surface area contributed by atoms with Gasteiger partial charge < -0.3 is 0 Å². The van der Waals surface area contributed by atoms with Crippen LogP contribution < -0.4 is 11.2 Å². The van der Waals surface area contributed by atoms with E-state index in [9.17, 15) is 14.4 Å². The van der Waals surface area contributed by atoms with Crippen LogP contribution in [0.4, 0.5) is 5.69 Å². The Morgan fingerprint density at radius 2 is 1.88 bits per heavy atom. The number of aromatic nitrogens is 2. The van der Waals surface area contributed by atoms with E-state index in [-0.39, 0.29) is 24.6 Å². The molecule has 3 aromatic rings. The molecule has 0 atom stereocenters. The summed E-state index contributed by atoms with van der Waals surface area (Å²) in [5.41, 5.74) is 0.168. The molecule has 7 nitrogen and oxygen atoms in total. The Balaban J connectivity index is 1.72. The van der Waals surface area contributed by atoms with Crippen LogP contribution in [0.1, 0.15) is 13.3 Å². The highest BCUT2D eigenvalue weighted by Crippen LogP contribution is 2.29. The number of aliphatic imine (C=N–C) groups is 1. The van der Waals surface area contributed by atoms with E-state index in [0.29, 0.717) is 38.3 Å². The van der Waals surface area contributed by atoms with Crippen molar-refractivity contribution in [2.45, 2.75) is 26.4 Å². The SMILES string of the molecule is CCn1c(=O)c2ccccc2n(CC(=O)N2CCCSC2=Nc2ccc(Cl)c(Cl)c2)c1=O. The Labute approximate surface area is 198 Å². The van der Waals surface area contributed by atoms with E-state index in [0.717, 1.165) is 16.7 Å². The van der Waals surface area contributed by atoms with E-state index in [2.05, 4.69) is 4.99 Å². The molecule has 1 aliphatic heterocycles. The predicted octanol–water partition coefficient (Wildman–Crippen LogP) is 4.14. The lowest BCUT2D eigenvalue weighted by atomic mass is 10.2. The number of thioether (sulfide) groups is 1. The lowest BCUT2D eigenvalue weighted by Gasteiger charge is -2.28. The minimum Gasteiger partial charge on any atom is -0.290 e. The molecule has 10 heteroatoms. The summed E-state index contributed by atoms with van der Waals surface area (Å²) in [5.74, 6) is 0.553. The van der Waals surface area contributed by atoms with Crippen LogP contribution in [0.2, 0.25) is 10.0 Å². The summed E-state index contributed by atoms with van der Waals surface area (Å²) in [4.78, 5) is 45.1. The summed E-state index contributed by atoms with van der Waals surface area (Å²) in [6, 6.07) is 11.9. The van der Waals surface area contributed by atoms with Crippen LogP contribution in [0.3, 0.4) is 0 Å². The van der Waals surface area contributed by atoms with Gasteiger partial charge in [0.05, 0.1) is 26.6 Å². The fourth-order valence-electron chi connectivity index (χ4n) is 3.57. The number of rotatable bonds is 4. The molecular weight excluding hydrogens is 471 g/mol. The Kier molecular flexibility index (Phi) is 6.74. The third-order valence-electron chi connectivity index (χ3n) is 5.16. The van der Waals surface area contributed by atoms with Gasteiger partial charge in [0.1, 0.15) is 6.54 Å². The molecule has 32 heavy (non-hydrogen) atoms. The number of carbonyl (C=O) groups is 1. The van der Waals surface area contributed by atoms with Crippen molar-refractivity contribution in [2.75, 3.05) is 12.3 Å². The lowest BCUT2D eigenvalue weighted by molar-refractivity contribution is -0.127. The van der Waals surface area contributed by atoms with Crippen LogP contribution in [0.15, 0.2) is 57.0 Å². The first-order valence-electron chi connectivity index (χ1n) is 10.1. The number of fused-ring (bicyclic) bond motifs is 1. The van der Waals surface area contributed by atoms with Crippen LogP contribution in [0.5, 0.6) is 0 Å². The number of nitrogens with zero attached hydrogens (tertiary/aromatic N) is 4. The van der Waals surface area contributed by atoms with Gasteiger partial charge in [-0.05, 0) is 43.7 Å². The Hall–Kier alpha value is -2.55. The van der Waals surface area contributed by atoms with Gasteiger partial charge in [0, 0.05) is 18.8 Å². The summed E-state index contributed by atoms with van der Waals surface area (Å²) >= 11 is 13.6. The van der Waals surface area contributed by atoms with Gasteiger partial charge in [-0.1, -0.05) is 47.1 Å². The molecule has 1 aliphatic rings. The number of halogens is 2. The third-order valence-corrected chi connectivity index (χ3v) is 6.96. The molecule has 166 valence electrons. The lowest BCUT2D eigenvalue weighted by Crippen LogP contribution is -2.45. The van der Waals surface area contributed by atoms with Crippen molar-refractivity contribution in [3.8, 4) is 0 Å². The smallest absolute Gasteiger partial charge is 0.290 e. The molecule has 0 N–H and O–H groups in total. The molecular formula is C22H20Cl2N4O3S. The van der Waals surface area contributed by atoms with Gasteiger partial charge in [-0.2, -0.15) is 0 Å². The van der Waals surface area contributed by atoms with Crippen LogP contribution in [0.25, 0.3) is 10.9 Å². The predicted molar refractivity (Wildman–Crippen MR) is 130 cm³/mol. The van der Waals surface area contributed by atoms with E-state index in [1.54, 1.807) is 54.3 Å². The topological polar surface area (TPSA) is 76.7 Å². The molecule has 0 bridgehead atoms. The van der Waals surface area contributed by atoms with Gasteiger partial charge in [0.15, 0.2) is 5.17 Å². The van der Waals surface area contributed by atoms with Gasteiger partial charge in [-0.3, -0.25) is 23.6 Å². The molecule has 0 radical (unpaired) electrons. The van der Waals surface area contributed by atoms with E-state index in [4.69, 9.17) is 23.2 Å². The highest BCUT2D eigenvalue weighted by molar-refractivity contribution is 8.13. The number of benzene rings is 2. The Morgan fingerprint density at radius 1 is 1.09 bits per heavy atom. The molecule has 0 saturated carbocycles. The van der Waals surface area contributed by atoms with Crippen LogP contribution in [-0.4, -0.2) is 37.4 Å². The van der Waals surface area contributed by atoms with Crippen LogP contribution in [-0.2, 0) is 17.9 Å². The van der Waals surface area contributed by atoms with Crippen LogP contribution >= 0.6 is 35.0 Å². The molecule has 2 aromatic carbocycles. The summed E-state index contributed by atoms with van der Waals surface area (Å²) in [7, 11) is 0. The third kappa shape index (κ3) is 4.35. The van der Waals surface area contributed by atoms with Crippen molar-refractivity contribution in [1.82, 2.24) is 14.0 Å². The van der Waals surface area contributed by atoms with Crippen molar-refractivity contribution in [2.24, 2.45) is 4.99 Å². The maximum Gasteiger partial charge on any atom is 0.331 e. The first-order valence-corrected chi connectivity index (χ1v) is 11.8. The van der Waals surface area contributed by atoms with Crippen molar-refractivity contribution < 1.29 is 4.79 Å². The standard InChI is InChI=1S/C22H20Cl2N4O3S/c1-2-26-20(30)15-6-3-4-7-18(15)28(22(26)31)13-19(29)27-10-5-11-32-21(27)25-14-8-9-16(23)17(24)12-14/h3-4,6-9,12H,2,5,10-11,13H2,1H3. The van der Waals surface area contributed by atoms with Gasteiger partial charge in [0.25, 0.3) is 5.56 Å². The normalized spacial score (nSPS) is 15.5. The quantitative estimate of drug-likeness (QED) is 0.550. The maximum absolute atomic E-state index is 13.3. The van der Waals surface area contributed by atoms with E-state index in [1.165, 1.54) is 16.3 Å². The average Bonchev–Trinajstić information content (AvgIpc) is 2.80. The molecule has 0 spiro atoms. The fourth-order valence-corrected chi connectivity index (χ4v) is 4.84. The molecule has 1 aromatic heterocycles. The second-order valence-electron chi connectivity index (χ2n) is 7.18. The zero-order valence-electron chi connectivity index (χ0n) is 17.3. The number of carbonyl (C=O) groups excluding carboxylic acids is 1. The Morgan fingerprint density at radius 3 is 2.62 bits per heavy atom. The van der Waals surface area contributed by atoms with Gasteiger partial charge in [0.2, 0.25) is 5.91 Å². The summed E-state index contributed by atoms with van der Waals surface area (Å²) in [6.07, 6.45) is 0.806. The zero-order valence-corrected chi connectivity index (χ0v) is 19.6. The van der Waals surface area contributed by atoms with E-state index < -0.39 is 5.69 Å². The van der Waals surface area contributed by atoms with Gasteiger partial charge in [-0.15, -0.1) is 0 Å². The number of para-hydroxylation sites is 1. The van der Waals surface area contributed by atoms with Crippen molar-refractivity contribution in [3.05, 3.63) is 73.3 Å². The highest BCUT2D eigenvalue weighted by atomic mass is 35.5. The summed E-state index contributed by atoms with van der Waals surface area (Å²) < 4.78 is 2.50. The molecule has 1 saturated heterocycles. The van der Waals surface area contributed by atoms with E-state index >= 15 is 0 Å². The number of amides is 1. The zero-order chi connectivity index (χ0) is 22.8. The van der Waals surface area contributed by atoms with E-state index in [1.807, 2.05) is 0 Å². The largest absolute Gasteiger partial charge is 0.331 e. The number of amidine groups is 1. The van der Waals surface area contributed by atoms with Crippen molar-refractivity contribution in [1.29, 1.82) is 0 Å². The molecule has 2 heterocycles. The molecule has 4 rings (SSSR count). The van der Waals surface area contributed by atoms with Crippen molar-refractivity contribution >= 4 is 62.6 Å². The summed E-state index contributed by atoms with van der Waals surface area (Å²) in [5, 5.41) is 1.75. The Bertz CT molecular complexity index is 1350. The molecule has 0 unspecified atom stereocenters. The van der Waals surface area contributed by atoms with Gasteiger partial charge >= 0.3 is 5.69 Å². The minimum absolute atomic E-state index is 0.194. The molecule has 0 aliphatic carbocycles. The summed E-state index contributed by atoms with van der Waals surface area (Å²) in [6.45, 7) is 2.25. The maximum atomic E-state index is 13.3. The first kappa shape index (κ1) is 22.6. The number of hydrogen-bond acceptors (Lipinski definition) is 5. The first-order chi connectivity index (χ1) is 15.4. The highest BCUT2D eigenvalue weighted by Gasteiger charge is 2.25. The monoisotopic (exact) mass is 490 g/mol. The second-order valence-corrected chi connectivity index (χ2v) is 9.05. The van der Waals surface area contributed by atoms with Crippen LogP contribution in [0, 0.1) is 0 Å². The fraction of sp³-hybridized carbons (Fsp3) is 0.273. The second kappa shape index (κ2) is 9.52. The van der Waals surface area contributed by atoms with Gasteiger partial charge in [-0.25, -0.2) is 9.79 Å². The average molecular weight is 491 g/mol. The number of hydrogen-bond donors (Lipinski definition) is 0. The molecule has 1 fully saturated rings.